The zero-order chi connectivity index (χ0) is 25.2. The number of anilines is 1. The number of piperidine rings is 2. The van der Waals surface area contributed by atoms with E-state index >= 15 is 0 Å². The van der Waals surface area contributed by atoms with Gasteiger partial charge in [-0.2, -0.15) is 15.0 Å². The highest BCUT2D eigenvalue weighted by Crippen LogP contribution is 2.35. The lowest BCUT2D eigenvalue weighted by atomic mass is 9.88. The second-order valence-electron chi connectivity index (χ2n) is 10.2. The Morgan fingerprint density at radius 2 is 1.75 bits per heavy atom. The summed E-state index contributed by atoms with van der Waals surface area (Å²) in [7, 11) is 1.96. The SMILES string of the molecule is Cc1cc(N2CCCCC2)c(-c2nc(C)[n+](C)[nH]2)cc1C(=O)N1CCC(c2ccc(C#N)cc2)CC1. The molecule has 186 valence electrons. The van der Waals surface area contributed by atoms with Crippen molar-refractivity contribution >= 4 is 11.6 Å². The molecule has 1 N–H and O–H groups in total. The van der Waals surface area contributed by atoms with E-state index in [-0.39, 0.29) is 5.91 Å². The highest BCUT2D eigenvalue weighted by molar-refractivity contribution is 5.98. The van der Waals surface area contributed by atoms with Gasteiger partial charge in [0, 0.05) is 38.7 Å². The van der Waals surface area contributed by atoms with Crippen molar-refractivity contribution in [3.63, 3.8) is 0 Å². The van der Waals surface area contributed by atoms with Gasteiger partial charge in [0.2, 0.25) is 0 Å². The van der Waals surface area contributed by atoms with Gasteiger partial charge in [0.15, 0.2) is 0 Å². The lowest BCUT2D eigenvalue weighted by Gasteiger charge is -2.33. The summed E-state index contributed by atoms with van der Waals surface area (Å²) >= 11 is 0. The number of carbonyl (C=O) groups excluding carboxylic acids is 1. The van der Waals surface area contributed by atoms with Crippen molar-refractivity contribution in [2.24, 2.45) is 7.05 Å². The zero-order valence-corrected chi connectivity index (χ0v) is 21.5. The second kappa shape index (κ2) is 10.1. The molecule has 0 radical (unpaired) electrons. The number of aromatic nitrogens is 3. The molecule has 2 aromatic carbocycles. The summed E-state index contributed by atoms with van der Waals surface area (Å²) in [5.41, 5.74) is 5.89. The van der Waals surface area contributed by atoms with Crippen molar-refractivity contribution in [3.05, 3.63) is 64.5 Å². The predicted octanol–water partition coefficient (Wildman–Crippen LogP) is 4.40. The molecule has 0 saturated carbocycles. The zero-order valence-electron chi connectivity index (χ0n) is 21.5. The van der Waals surface area contributed by atoms with Crippen LogP contribution in [0.5, 0.6) is 0 Å². The molecule has 36 heavy (non-hydrogen) atoms. The molecule has 2 aliphatic rings. The Kier molecular flexibility index (Phi) is 6.77. The fraction of sp³-hybridized carbons (Fsp3) is 0.448. The summed E-state index contributed by atoms with van der Waals surface area (Å²) in [5.74, 6) is 2.24. The Bertz CT molecular complexity index is 1270. The van der Waals surface area contributed by atoms with Gasteiger partial charge in [-0.05, 0) is 85.3 Å². The standard InChI is InChI=1S/C29H34N6O/c1-20-17-27(34-13-5-4-6-14-34)26(28-31-21(2)33(3)32-28)18-25(20)29(36)35-15-11-24(12-16-35)23-9-7-22(19-30)8-10-23/h7-10,17-18,24H,4-6,11-16H2,1-3H3/p+1. The molecule has 1 aromatic heterocycles. The summed E-state index contributed by atoms with van der Waals surface area (Å²) in [4.78, 5) is 22.9. The third-order valence-corrected chi connectivity index (χ3v) is 7.85. The van der Waals surface area contributed by atoms with E-state index in [1.165, 1.54) is 24.8 Å². The topological polar surface area (TPSA) is 79.9 Å². The van der Waals surface area contributed by atoms with Crippen LogP contribution in [-0.4, -0.2) is 47.1 Å². The Hall–Kier alpha value is -3.66. The van der Waals surface area contributed by atoms with E-state index in [1.807, 2.05) is 35.7 Å². The molecule has 7 heteroatoms. The first kappa shape index (κ1) is 24.1. The number of nitrogens with one attached hydrogen (secondary N) is 1. The van der Waals surface area contributed by atoms with Gasteiger partial charge in [0.1, 0.15) is 7.05 Å². The molecule has 2 saturated heterocycles. The largest absolute Gasteiger partial charge is 0.371 e. The first-order chi connectivity index (χ1) is 17.4. The molecule has 0 unspecified atom stereocenters. The minimum atomic E-state index is 0.102. The number of rotatable bonds is 4. The minimum absolute atomic E-state index is 0.102. The third-order valence-electron chi connectivity index (χ3n) is 7.85. The summed E-state index contributed by atoms with van der Waals surface area (Å²) in [6, 6.07) is 14.3. The lowest BCUT2D eigenvalue weighted by molar-refractivity contribution is -0.733. The number of aromatic amines is 1. The van der Waals surface area contributed by atoms with Crippen molar-refractivity contribution in [3.8, 4) is 17.5 Å². The smallest absolute Gasteiger partial charge is 0.316 e. The molecule has 0 aliphatic carbocycles. The summed E-state index contributed by atoms with van der Waals surface area (Å²) in [6.45, 7) is 7.59. The number of likely N-dealkylation sites (tertiary alicyclic amines) is 1. The van der Waals surface area contributed by atoms with Crippen molar-refractivity contribution in [2.45, 2.75) is 51.9 Å². The summed E-state index contributed by atoms with van der Waals surface area (Å²) in [5, 5.41) is 12.4. The van der Waals surface area contributed by atoms with Gasteiger partial charge >= 0.3 is 5.82 Å². The van der Waals surface area contributed by atoms with E-state index < -0.39 is 0 Å². The molecule has 3 heterocycles. The number of aryl methyl sites for hydroxylation is 3. The Morgan fingerprint density at radius 1 is 1.06 bits per heavy atom. The monoisotopic (exact) mass is 483 g/mol. The van der Waals surface area contributed by atoms with Gasteiger partial charge in [-0.25, -0.2) is 0 Å². The maximum absolute atomic E-state index is 13.7. The number of benzene rings is 2. The number of nitriles is 1. The van der Waals surface area contributed by atoms with Crippen molar-refractivity contribution in [2.75, 3.05) is 31.1 Å². The van der Waals surface area contributed by atoms with Crippen LogP contribution in [0.1, 0.15) is 70.9 Å². The Morgan fingerprint density at radius 3 is 2.36 bits per heavy atom. The molecule has 0 atom stereocenters. The van der Waals surface area contributed by atoms with Crippen LogP contribution >= 0.6 is 0 Å². The van der Waals surface area contributed by atoms with Crippen molar-refractivity contribution in [1.29, 1.82) is 5.26 Å². The predicted molar refractivity (Wildman–Crippen MR) is 140 cm³/mol. The molecule has 2 fully saturated rings. The molecule has 2 aliphatic heterocycles. The number of nitrogens with zero attached hydrogens (tertiary/aromatic N) is 5. The lowest BCUT2D eigenvalue weighted by Crippen LogP contribution is -2.38. The average molecular weight is 484 g/mol. The minimum Gasteiger partial charge on any atom is -0.371 e. The molecule has 0 bridgehead atoms. The maximum atomic E-state index is 13.7. The normalized spacial score (nSPS) is 16.7. The summed E-state index contributed by atoms with van der Waals surface area (Å²) < 4.78 is 1.92. The van der Waals surface area contributed by atoms with E-state index in [1.54, 1.807) is 0 Å². The highest BCUT2D eigenvalue weighted by Gasteiger charge is 2.29. The van der Waals surface area contributed by atoms with Gasteiger partial charge in [-0.3, -0.25) is 4.79 Å². The maximum Gasteiger partial charge on any atom is 0.316 e. The first-order valence-electron chi connectivity index (χ1n) is 13.1. The number of H-pyrrole nitrogens is 1. The van der Waals surface area contributed by atoms with Gasteiger partial charge < -0.3 is 9.80 Å². The summed E-state index contributed by atoms with van der Waals surface area (Å²) in [6.07, 6.45) is 5.52. The van der Waals surface area contributed by atoms with Gasteiger partial charge in [-0.1, -0.05) is 12.1 Å². The van der Waals surface area contributed by atoms with Crippen LogP contribution in [0.4, 0.5) is 5.69 Å². The first-order valence-corrected chi connectivity index (χ1v) is 13.1. The van der Waals surface area contributed by atoms with Crippen LogP contribution < -0.4 is 9.58 Å². The van der Waals surface area contributed by atoms with Crippen molar-refractivity contribution in [1.82, 2.24) is 15.0 Å². The van der Waals surface area contributed by atoms with E-state index in [0.29, 0.717) is 11.5 Å². The Labute approximate surface area is 213 Å². The van der Waals surface area contributed by atoms with Crippen LogP contribution in [-0.2, 0) is 7.05 Å². The van der Waals surface area contributed by atoms with Gasteiger partial charge in [0.25, 0.3) is 11.7 Å². The van der Waals surface area contributed by atoms with E-state index in [4.69, 9.17) is 10.2 Å². The highest BCUT2D eigenvalue weighted by atomic mass is 16.2. The van der Waals surface area contributed by atoms with E-state index in [2.05, 4.69) is 47.3 Å². The van der Waals surface area contributed by atoms with Crippen LogP contribution in [0.3, 0.4) is 0 Å². The number of hydrogen-bond donors (Lipinski definition) is 1. The number of carbonyl (C=O) groups is 1. The molecule has 5 rings (SSSR count). The molecule has 3 aromatic rings. The molecular weight excluding hydrogens is 448 g/mol. The average Bonchev–Trinajstić information content (AvgIpc) is 3.26. The third kappa shape index (κ3) is 4.73. The number of amides is 1. The Balaban J connectivity index is 1.40. The quantitative estimate of drug-likeness (QED) is 0.558. The number of hydrogen-bond acceptors (Lipinski definition) is 4. The van der Waals surface area contributed by atoms with Crippen LogP contribution in [0.15, 0.2) is 36.4 Å². The molecule has 1 amide bonds. The van der Waals surface area contributed by atoms with Gasteiger partial charge in [-0.15, -0.1) is 0 Å². The fourth-order valence-corrected chi connectivity index (χ4v) is 5.55. The molecule has 0 spiro atoms. The van der Waals surface area contributed by atoms with E-state index in [9.17, 15) is 4.79 Å². The van der Waals surface area contributed by atoms with Crippen LogP contribution in [0.25, 0.3) is 11.4 Å². The molecular formula is C29H35N6O+. The van der Waals surface area contributed by atoms with Crippen LogP contribution in [0.2, 0.25) is 0 Å². The van der Waals surface area contributed by atoms with Gasteiger partial charge in [0.05, 0.1) is 22.9 Å². The fourth-order valence-electron chi connectivity index (χ4n) is 5.55. The van der Waals surface area contributed by atoms with E-state index in [0.717, 1.165) is 73.0 Å². The molecule has 7 nitrogen and oxygen atoms in total. The second-order valence-corrected chi connectivity index (χ2v) is 10.2. The van der Waals surface area contributed by atoms with Crippen LogP contribution in [0, 0.1) is 25.2 Å². The van der Waals surface area contributed by atoms with Crippen molar-refractivity contribution < 1.29 is 9.48 Å².